The summed E-state index contributed by atoms with van der Waals surface area (Å²) in [6, 6.07) is 15.7. The van der Waals surface area contributed by atoms with Gasteiger partial charge in [0.1, 0.15) is 11.9 Å². The van der Waals surface area contributed by atoms with E-state index in [4.69, 9.17) is 4.74 Å². The van der Waals surface area contributed by atoms with Crippen molar-refractivity contribution in [3.8, 4) is 0 Å². The molecule has 3 aromatic rings. The summed E-state index contributed by atoms with van der Waals surface area (Å²) in [6.45, 7) is 2.91. The quantitative estimate of drug-likeness (QED) is 0.374. The van der Waals surface area contributed by atoms with Gasteiger partial charge in [0.05, 0.1) is 13.2 Å². The van der Waals surface area contributed by atoms with Gasteiger partial charge in [0.2, 0.25) is 17.7 Å². The first-order valence-corrected chi connectivity index (χ1v) is 12.2. The van der Waals surface area contributed by atoms with Gasteiger partial charge in [0, 0.05) is 37.6 Å². The van der Waals surface area contributed by atoms with Crippen LogP contribution >= 0.6 is 11.3 Å². The fraction of sp³-hybridized carbons (Fsp3) is 0.308. The Bertz CT molecular complexity index is 1090. The third kappa shape index (κ3) is 8.01. The minimum absolute atomic E-state index is 0.0255. The van der Waals surface area contributed by atoms with Crippen LogP contribution in [0.25, 0.3) is 0 Å². The van der Waals surface area contributed by atoms with Crippen molar-refractivity contribution in [3.63, 3.8) is 0 Å². The molecule has 8 nitrogen and oxygen atoms in total. The predicted molar refractivity (Wildman–Crippen MR) is 136 cm³/mol. The Hall–Kier alpha value is -3.56. The number of hydrogen-bond acceptors (Lipinski definition) is 6. The summed E-state index contributed by atoms with van der Waals surface area (Å²) >= 11 is 1.51. The summed E-state index contributed by atoms with van der Waals surface area (Å²) in [7, 11) is 1.56. The number of carbonyl (C=O) groups is 3. The normalized spacial score (nSPS) is 11.5. The van der Waals surface area contributed by atoms with Gasteiger partial charge in [-0.2, -0.15) is 0 Å². The van der Waals surface area contributed by atoms with Crippen LogP contribution in [-0.4, -0.2) is 47.9 Å². The number of benzene rings is 1. The minimum atomic E-state index is -0.846. The predicted octanol–water partition coefficient (Wildman–Crippen LogP) is 3.70. The molecule has 2 heterocycles. The summed E-state index contributed by atoms with van der Waals surface area (Å²) in [5.74, 6) is -0.476. The zero-order valence-corrected chi connectivity index (χ0v) is 20.7. The van der Waals surface area contributed by atoms with E-state index >= 15 is 0 Å². The van der Waals surface area contributed by atoms with E-state index in [1.54, 1.807) is 36.4 Å². The highest BCUT2D eigenvalue weighted by molar-refractivity contribution is 7.09. The van der Waals surface area contributed by atoms with Crippen molar-refractivity contribution in [1.82, 2.24) is 15.2 Å². The van der Waals surface area contributed by atoms with Crippen LogP contribution < -0.4 is 10.6 Å². The van der Waals surface area contributed by atoms with Crippen molar-refractivity contribution >= 4 is 34.9 Å². The third-order valence-corrected chi connectivity index (χ3v) is 6.14. The maximum Gasteiger partial charge on any atom is 0.247 e. The zero-order valence-electron chi connectivity index (χ0n) is 19.9. The summed E-state index contributed by atoms with van der Waals surface area (Å²) in [5, 5.41) is 7.49. The Balaban J connectivity index is 1.81. The van der Waals surface area contributed by atoms with Gasteiger partial charge in [-0.05, 0) is 36.1 Å². The number of amides is 3. The average molecular weight is 495 g/mol. The molecule has 2 aromatic heterocycles. The fourth-order valence-electron chi connectivity index (χ4n) is 3.49. The SMILES string of the molecule is COCCNC(=O)[C@H](c1ccc(C)cc1)N(Cc1cccs1)C(=O)CCC(=O)Nc1ccccn1. The number of nitrogens with one attached hydrogen (secondary N) is 2. The molecule has 184 valence electrons. The van der Waals surface area contributed by atoms with Crippen LogP contribution in [0.3, 0.4) is 0 Å². The van der Waals surface area contributed by atoms with Crippen molar-refractivity contribution in [2.24, 2.45) is 0 Å². The lowest BCUT2D eigenvalue weighted by atomic mass is 10.0. The molecule has 0 fully saturated rings. The lowest BCUT2D eigenvalue weighted by Crippen LogP contribution is -2.44. The first-order chi connectivity index (χ1) is 17.0. The van der Waals surface area contributed by atoms with Crippen LogP contribution in [0.1, 0.15) is 34.9 Å². The van der Waals surface area contributed by atoms with Crippen molar-refractivity contribution in [2.45, 2.75) is 32.4 Å². The van der Waals surface area contributed by atoms with E-state index < -0.39 is 6.04 Å². The summed E-state index contributed by atoms with van der Waals surface area (Å²) in [4.78, 5) is 45.8. The number of aryl methyl sites for hydroxylation is 1. The van der Waals surface area contributed by atoms with Gasteiger partial charge in [-0.15, -0.1) is 11.3 Å². The number of hydrogen-bond donors (Lipinski definition) is 2. The summed E-state index contributed by atoms with van der Waals surface area (Å²) < 4.78 is 5.06. The smallest absolute Gasteiger partial charge is 0.247 e. The molecular formula is C26H30N4O4S. The number of rotatable bonds is 12. The van der Waals surface area contributed by atoms with E-state index in [1.807, 2.05) is 48.7 Å². The molecule has 35 heavy (non-hydrogen) atoms. The molecule has 0 aliphatic rings. The molecule has 3 amide bonds. The van der Waals surface area contributed by atoms with Crippen LogP contribution in [0.2, 0.25) is 0 Å². The summed E-state index contributed by atoms with van der Waals surface area (Å²) in [5.41, 5.74) is 1.75. The van der Waals surface area contributed by atoms with Gasteiger partial charge >= 0.3 is 0 Å². The number of nitrogens with zero attached hydrogens (tertiary/aromatic N) is 2. The second kappa shape index (κ2) is 13.4. The molecule has 0 unspecified atom stereocenters. The Kier molecular flexibility index (Phi) is 9.94. The number of thiophene rings is 1. The number of ether oxygens (including phenoxy) is 1. The van der Waals surface area contributed by atoms with E-state index in [1.165, 1.54) is 11.3 Å². The second-order valence-electron chi connectivity index (χ2n) is 7.96. The Labute approximate surface area is 209 Å². The van der Waals surface area contributed by atoms with Gasteiger partial charge in [-0.1, -0.05) is 42.0 Å². The molecule has 3 rings (SSSR count). The highest BCUT2D eigenvalue weighted by atomic mass is 32.1. The molecule has 2 N–H and O–H groups in total. The van der Waals surface area contributed by atoms with Gasteiger partial charge < -0.3 is 20.3 Å². The van der Waals surface area contributed by atoms with E-state index in [9.17, 15) is 14.4 Å². The Morgan fingerprint density at radius 2 is 1.86 bits per heavy atom. The van der Waals surface area contributed by atoms with Gasteiger partial charge in [-0.25, -0.2) is 4.98 Å². The van der Waals surface area contributed by atoms with Gasteiger partial charge in [-0.3, -0.25) is 14.4 Å². The molecule has 1 atom stereocenters. The van der Waals surface area contributed by atoms with Crippen molar-refractivity contribution in [1.29, 1.82) is 0 Å². The van der Waals surface area contributed by atoms with Gasteiger partial charge in [0.25, 0.3) is 0 Å². The van der Waals surface area contributed by atoms with E-state index in [0.29, 0.717) is 24.5 Å². The first kappa shape index (κ1) is 26.1. The Morgan fingerprint density at radius 3 is 2.51 bits per heavy atom. The maximum atomic E-state index is 13.5. The highest BCUT2D eigenvalue weighted by Gasteiger charge is 2.31. The van der Waals surface area contributed by atoms with Crippen molar-refractivity contribution < 1.29 is 19.1 Å². The number of aromatic nitrogens is 1. The topological polar surface area (TPSA) is 101 Å². The standard InChI is InChI=1S/C26H30N4O4S/c1-19-8-10-20(11-9-19)25(26(33)28-15-16-34-2)30(18-21-6-5-17-35-21)24(32)13-12-23(31)29-22-7-3-4-14-27-22/h3-11,14,17,25H,12-13,15-16,18H2,1-2H3,(H,28,33)(H,27,29,31)/t25-/m0/s1. The van der Waals surface area contributed by atoms with E-state index in [2.05, 4.69) is 15.6 Å². The maximum absolute atomic E-state index is 13.5. The van der Waals surface area contributed by atoms with Crippen LogP contribution in [0, 0.1) is 6.92 Å². The molecule has 0 aliphatic carbocycles. The number of carbonyl (C=O) groups excluding carboxylic acids is 3. The van der Waals surface area contributed by atoms with Crippen LogP contribution in [0.4, 0.5) is 5.82 Å². The van der Waals surface area contributed by atoms with Crippen LogP contribution in [-0.2, 0) is 25.7 Å². The van der Waals surface area contributed by atoms with E-state index in [-0.39, 0.29) is 37.1 Å². The van der Waals surface area contributed by atoms with Crippen molar-refractivity contribution in [2.75, 3.05) is 25.6 Å². The monoisotopic (exact) mass is 494 g/mol. The lowest BCUT2D eigenvalue weighted by Gasteiger charge is -2.31. The Morgan fingerprint density at radius 1 is 1.06 bits per heavy atom. The first-order valence-electron chi connectivity index (χ1n) is 11.3. The highest BCUT2D eigenvalue weighted by Crippen LogP contribution is 2.26. The van der Waals surface area contributed by atoms with Crippen LogP contribution in [0.15, 0.2) is 66.2 Å². The summed E-state index contributed by atoms with van der Waals surface area (Å²) in [6.07, 6.45) is 1.51. The molecular weight excluding hydrogens is 464 g/mol. The molecule has 0 radical (unpaired) electrons. The molecule has 0 spiro atoms. The van der Waals surface area contributed by atoms with Gasteiger partial charge in [0.15, 0.2) is 0 Å². The largest absolute Gasteiger partial charge is 0.383 e. The molecule has 0 saturated carbocycles. The third-order valence-electron chi connectivity index (χ3n) is 5.28. The number of methoxy groups -OCH3 is 1. The molecule has 0 bridgehead atoms. The molecule has 9 heteroatoms. The lowest BCUT2D eigenvalue weighted by molar-refractivity contribution is -0.142. The molecule has 0 aliphatic heterocycles. The van der Waals surface area contributed by atoms with Crippen LogP contribution in [0.5, 0.6) is 0 Å². The molecule has 1 aromatic carbocycles. The average Bonchev–Trinajstić information content (AvgIpc) is 3.37. The second-order valence-corrected chi connectivity index (χ2v) is 8.99. The zero-order chi connectivity index (χ0) is 25.0. The fourth-order valence-corrected chi connectivity index (χ4v) is 4.20. The van der Waals surface area contributed by atoms with E-state index in [0.717, 1.165) is 10.4 Å². The van der Waals surface area contributed by atoms with Crippen molar-refractivity contribution in [3.05, 3.63) is 82.2 Å². The molecule has 0 saturated heterocycles. The number of anilines is 1. The number of pyridine rings is 1. The minimum Gasteiger partial charge on any atom is -0.383 e.